The third-order valence-electron chi connectivity index (χ3n) is 4.14. The smallest absolute Gasteiger partial charge is 0.342 e. The van der Waals surface area contributed by atoms with Crippen LogP contribution in [0.4, 0.5) is 0 Å². The lowest BCUT2D eigenvalue weighted by atomic mass is 9.95. The summed E-state index contributed by atoms with van der Waals surface area (Å²) in [6, 6.07) is 9.60. The number of benzene rings is 1. The SMILES string of the molecule is CCc1ccc([C@H](NC(=O)COC(=O)c2ccoc2C)C(C)C)cc1. The molecule has 25 heavy (non-hydrogen) atoms. The molecule has 0 radical (unpaired) electrons. The van der Waals surface area contributed by atoms with Gasteiger partial charge in [0, 0.05) is 0 Å². The summed E-state index contributed by atoms with van der Waals surface area (Å²) in [7, 11) is 0. The Labute approximate surface area is 148 Å². The van der Waals surface area contributed by atoms with Crippen molar-refractivity contribution in [2.75, 3.05) is 6.61 Å². The van der Waals surface area contributed by atoms with Crippen LogP contribution >= 0.6 is 0 Å². The van der Waals surface area contributed by atoms with E-state index in [1.165, 1.54) is 17.9 Å². The number of carbonyl (C=O) groups excluding carboxylic acids is 2. The maximum atomic E-state index is 12.2. The average molecular weight is 343 g/mol. The first-order valence-corrected chi connectivity index (χ1v) is 8.51. The molecular formula is C20H25NO4. The molecule has 0 unspecified atom stereocenters. The molecule has 1 aromatic carbocycles. The summed E-state index contributed by atoms with van der Waals surface area (Å²) in [6.07, 6.45) is 2.39. The van der Waals surface area contributed by atoms with Crippen molar-refractivity contribution in [2.24, 2.45) is 5.92 Å². The van der Waals surface area contributed by atoms with E-state index in [0.29, 0.717) is 11.3 Å². The van der Waals surface area contributed by atoms with Gasteiger partial charge >= 0.3 is 5.97 Å². The fraction of sp³-hybridized carbons (Fsp3) is 0.400. The molecule has 2 rings (SSSR count). The number of esters is 1. The van der Waals surface area contributed by atoms with Gasteiger partial charge in [-0.05, 0) is 36.5 Å². The molecule has 0 aliphatic rings. The quantitative estimate of drug-likeness (QED) is 0.776. The molecule has 0 fully saturated rings. The first-order valence-electron chi connectivity index (χ1n) is 8.51. The Morgan fingerprint density at radius 1 is 1.16 bits per heavy atom. The molecule has 5 nitrogen and oxygen atoms in total. The fourth-order valence-electron chi connectivity index (χ4n) is 2.62. The second-order valence-electron chi connectivity index (χ2n) is 6.35. The molecule has 0 spiro atoms. The van der Waals surface area contributed by atoms with Gasteiger partial charge in [-0.25, -0.2) is 4.79 Å². The van der Waals surface area contributed by atoms with E-state index in [-0.39, 0.29) is 24.5 Å². The highest BCUT2D eigenvalue weighted by atomic mass is 16.5. The van der Waals surface area contributed by atoms with Gasteiger partial charge in [-0.2, -0.15) is 0 Å². The van der Waals surface area contributed by atoms with Crippen molar-refractivity contribution in [1.29, 1.82) is 0 Å². The Hall–Kier alpha value is -2.56. The van der Waals surface area contributed by atoms with Gasteiger partial charge in [0.25, 0.3) is 5.91 Å². The van der Waals surface area contributed by atoms with Crippen LogP contribution in [-0.2, 0) is 16.0 Å². The summed E-state index contributed by atoms with van der Waals surface area (Å²) in [5.74, 6) is -0.202. The number of rotatable bonds is 7. The summed E-state index contributed by atoms with van der Waals surface area (Å²) in [6.45, 7) is 7.54. The van der Waals surface area contributed by atoms with E-state index in [9.17, 15) is 9.59 Å². The van der Waals surface area contributed by atoms with Gasteiger partial charge in [0.1, 0.15) is 11.3 Å². The normalized spacial score (nSPS) is 12.0. The summed E-state index contributed by atoms with van der Waals surface area (Å²) in [5.41, 5.74) is 2.63. The predicted octanol–water partition coefficient (Wildman–Crippen LogP) is 3.82. The van der Waals surface area contributed by atoms with Gasteiger partial charge in [0.2, 0.25) is 0 Å². The number of nitrogens with one attached hydrogen (secondary N) is 1. The summed E-state index contributed by atoms with van der Waals surface area (Å²) < 4.78 is 10.1. The van der Waals surface area contributed by atoms with Crippen molar-refractivity contribution >= 4 is 11.9 Å². The fourth-order valence-corrected chi connectivity index (χ4v) is 2.62. The standard InChI is InChI=1S/C20H25NO4/c1-5-15-6-8-16(9-7-15)19(13(2)3)21-18(22)12-25-20(23)17-10-11-24-14(17)4/h6-11,13,19H,5,12H2,1-4H3,(H,21,22)/t19-/m1/s1. The van der Waals surface area contributed by atoms with Crippen LogP contribution in [0.25, 0.3) is 0 Å². The number of carbonyl (C=O) groups is 2. The number of furan rings is 1. The lowest BCUT2D eigenvalue weighted by Gasteiger charge is -2.23. The molecule has 1 N–H and O–H groups in total. The number of hydrogen-bond donors (Lipinski definition) is 1. The second-order valence-corrected chi connectivity index (χ2v) is 6.35. The van der Waals surface area contributed by atoms with Gasteiger partial charge in [-0.3, -0.25) is 4.79 Å². The van der Waals surface area contributed by atoms with Crippen molar-refractivity contribution in [3.05, 3.63) is 59.0 Å². The Bertz CT molecular complexity index is 716. The van der Waals surface area contributed by atoms with E-state index in [0.717, 1.165) is 12.0 Å². The molecule has 134 valence electrons. The average Bonchev–Trinajstić information content (AvgIpc) is 3.03. The molecule has 0 aliphatic carbocycles. The molecule has 0 aliphatic heterocycles. The number of ether oxygens (including phenoxy) is 1. The highest BCUT2D eigenvalue weighted by molar-refractivity contribution is 5.92. The number of aryl methyl sites for hydroxylation is 2. The van der Waals surface area contributed by atoms with Crippen LogP contribution in [0.3, 0.4) is 0 Å². The molecule has 0 saturated carbocycles. The van der Waals surface area contributed by atoms with E-state index in [1.54, 1.807) is 6.92 Å². The van der Waals surface area contributed by atoms with Gasteiger partial charge in [-0.15, -0.1) is 0 Å². The van der Waals surface area contributed by atoms with Crippen LogP contribution in [0.2, 0.25) is 0 Å². The zero-order valence-corrected chi connectivity index (χ0v) is 15.2. The molecule has 1 amide bonds. The molecule has 2 aromatic rings. The van der Waals surface area contributed by atoms with Gasteiger partial charge in [0.05, 0.1) is 12.3 Å². The molecule has 1 heterocycles. The van der Waals surface area contributed by atoms with E-state index in [2.05, 4.69) is 24.4 Å². The summed E-state index contributed by atoms with van der Waals surface area (Å²) in [4.78, 5) is 24.1. The van der Waals surface area contributed by atoms with Crippen LogP contribution in [0.15, 0.2) is 41.0 Å². The lowest BCUT2D eigenvalue weighted by Crippen LogP contribution is -2.35. The largest absolute Gasteiger partial charge is 0.469 e. The molecule has 1 atom stereocenters. The zero-order valence-electron chi connectivity index (χ0n) is 15.2. The highest BCUT2D eigenvalue weighted by Crippen LogP contribution is 2.22. The topological polar surface area (TPSA) is 68.5 Å². The van der Waals surface area contributed by atoms with E-state index in [1.807, 2.05) is 26.0 Å². The molecule has 0 bridgehead atoms. The van der Waals surface area contributed by atoms with E-state index < -0.39 is 5.97 Å². The minimum Gasteiger partial charge on any atom is -0.469 e. The monoisotopic (exact) mass is 343 g/mol. The van der Waals surface area contributed by atoms with Crippen LogP contribution < -0.4 is 5.32 Å². The Morgan fingerprint density at radius 3 is 2.36 bits per heavy atom. The minimum atomic E-state index is -0.560. The van der Waals surface area contributed by atoms with Crippen LogP contribution in [-0.4, -0.2) is 18.5 Å². The lowest BCUT2D eigenvalue weighted by molar-refractivity contribution is -0.125. The van der Waals surface area contributed by atoms with Crippen LogP contribution in [0, 0.1) is 12.8 Å². The maximum Gasteiger partial charge on any atom is 0.342 e. The van der Waals surface area contributed by atoms with Crippen molar-refractivity contribution in [3.8, 4) is 0 Å². The second kappa shape index (κ2) is 8.51. The Morgan fingerprint density at radius 2 is 1.84 bits per heavy atom. The first-order chi connectivity index (χ1) is 11.9. The molecule has 5 heteroatoms. The molecule has 1 aromatic heterocycles. The molecule has 0 saturated heterocycles. The van der Waals surface area contributed by atoms with E-state index >= 15 is 0 Å². The molecular weight excluding hydrogens is 318 g/mol. The van der Waals surface area contributed by atoms with E-state index in [4.69, 9.17) is 9.15 Å². The number of amides is 1. The van der Waals surface area contributed by atoms with Gasteiger partial charge in [0.15, 0.2) is 6.61 Å². The maximum absolute atomic E-state index is 12.2. The number of hydrogen-bond acceptors (Lipinski definition) is 4. The first kappa shape index (κ1) is 18.8. The van der Waals surface area contributed by atoms with Gasteiger partial charge in [-0.1, -0.05) is 45.0 Å². The summed E-state index contributed by atoms with van der Waals surface area (Å²) in [5, 5.41) is 2.95. The van der Waals surface area contributed by atoms with Crippen LogP contribution in [0.1, 0.15) is 54.1 Å². The third kappa shape index (κ3) is 4.95. The summed E-state index contributed by atoms with van der Waals surface area (Å²) >= 11 is 0. The predicted molar refractivity (Wildman–Crippen MR) is 95.3 cm³/mol. The van der Waals surface area contributed by atoms with Crippen molar-refractivity contribution in [3.63, 3.8) is 0 Å². The Balaban J connectivity index is 1.95. The van der Waals surface area contributed by atoms with Gasteiger partial charge < -0.3 is 14.5 Å². The Kier molecular flexibility index (Phi) is 6.39. The van der Waals surface area contributed by atoms with Crippen molar-refractivity contribution < 1.29 is 18.7 Å². The van der Waals surface area contributed by atoms with Crippen LogP contribution in [0.5, 0.6) is 0 Å². The van der Waals surface area contributed by atoms with Crippen molar-refractivity contribution in [2.45, 2.75) is 40.2 Å². The highest BCUT2D eigenvalue weighted by Gasteiger charge is 2.20. The zero-order chi connectivity index (χ0) is 18.4. The minimum absolute atomic E-state index is 0.132. The third-order valence-corrected chi connectivity index (χ3v) is 4.14. The van der Waals surface area contributed by atoms with Crippen molar-refractivity contribution in [1.82, 2.24) is 5.32 Å².